The van der Waals surface area contributed by atoms with Crippen molar-refractivity contribution in [2.45, 2.75) is 44.5 Å². The number of rotatable bonds is 1. The van der Waals surface area contributed by atoms with Gasteiger partial charge >= 0.3 is 6.18 Å². The molecule has 0 spiro atoms. The molecule has 4 nitrogen and oxygen atoms in total. The summed E-state index contributed by atoms with van der Waals surface area (Å²) in [5, 5.41) is 15.0. The van der Waals surface area contributed by atoms with Gasteiger partial charge < -0.3 is 9.52 Å². The number of fused-ring (bicyclic) bond motifs is 1. The molecule has 2 atom stereocenters. The predicted molar refractivity (Wildman–Crippen MR) is 66.3 cm³/mol. The lowest BCUT2D eigenvalue weighted by Gasteiger charge is -2.38. The first-order chi connectivity index (χ1) is 9.34. The largest absolute Gasteiger partial charge is 0.444 e. The second-order valence-corrected chi connectivity index (χ2v) is 5.31. The van der Waals surface area contributed by atoms with Gasteiger partial charge in [-0.1, -0.05) is 6.42 Å². The molecule has 1 aromatic rings. The van der Waals surface area contributed by atoms with E-state index in [1.807, 2.05) is 0 Å². The minimum atomic E-state index is -4.80. The molecule has 0 amide bonds. The maximum absolute atomic E-state index is 13.5. The molecule has 20 heavy (non-hydrogen) atoms. The maximum Gasteiger partial charge on any atom is 0.439 e. The lowest BCUT2D eigenvalue weighted by Crippen LogP contribution is -2.60. The molecule has 0 radical (unpaired) electrons. The first kappa shape index (κ1) is 13.5. The van der Waals surface area contributed by atoms with E-state index in [1.54, 1.807) is 13.0 Å². The summed E-state index contributed by atoms with van der Waals surface area (Å²) in [4.78, 5) is 0. The van der Waals surface area contributed by atoms with E-state index < -0.39 is 17.8 Å². The second-order valence-electron chi connectivity index (χ2n) is 5.31. The van der Waals surface area contributed by atoms with Gasteiger partial charge in [0.05, 0.1) is 5.92 Å². The number of hydrazone groups is 1. The van der Waals surface area contributed by atoms with E-state index >= 15 is 0 Å². The van der Waals surface area contributed by atoms with Gasteiger partial charge in [-0.2, -0.15) is 23.3 Å². The second kappa shape index (κ2) is 4.25. The SMILES string of the molecule is Cc1ccc(N2N=C3CCCC[C@@H]3[C@@]2(O)C(F)(F)F)o1. The monoisotopic (exact) mass is 288 g/mol. The Hall–Kier alpha value is -1.50. The summed E-state index contributed by atoms with van der Waals surface area (Å²) in [6, 6.07) is 2.95. The molecule has 7 heteroatoms. The highest BCUT2D eigenvalue weighted by Crippen LogP contribution is 2.49. The van der Waals surface area contributed by atoms with Crippen molar-refractivity contribution in [3.05, 3.63) is 17.9 Å². The number of aryl methyl sites for hydroxylation is 1. The summed E-state index contributed by atoms with van der Waals surface area (Å²) in [6.45, 7) is 1.63. The van der Waals surface area contributed by atoms with Crippen molar-refractivity contribution in [3.8, 4) is 0 Å². The van der Waals surface area contributed by atoms with Crippen molar-refractivity contribution in [2.75, 3.05) is 5.01 Å². The molecule has 2 aliphatic rings. The summed E-state index contributed by atoms with van der Waals surface area (Å²) in [6.07, 6.45) is -2.58. The Kier molecular flexibility index (Phi) is 2.86. The van der Waals surface area contributed by atoms with Crippen LogP contribution < -0.4 is 5.01 Å². The quantitative estimate of drug-likeness (QED) is 0.863. The van der Waals surface area contributed by atoms with Crippen molar-refractivity contribution in [1.82, 2.24) is 0 Å². The summed E-state index contributed by atoms with van der Waals surface area (Å²) in [7, 11) is 0. The Balaban J connectivity index is 2.08. The topological polar surface area (TPSA) is 49.0 Å². The molecule has 0 saturated heterocycles. The Bertz CT molecular complexity index is 552. The van der Waals surface area contributed by atoms with Crippen LogP contribution in [0.1, 0.15) is 31.4 Å². The van der Waals surface area contributed by atoms with Crippen LogP contribution in [0.2, 0.25) is 0 Å². The highest BCUT2D eigenvalue weighted by atomic mass is 19.4. The van der Waals surface area contributed by atoms with Crippen molar-refractivity contribution in [3.63, 3.8) is 0 Å². The van der Waals surface area contributed by atoms with Gasteiger partial charge in [0.15, 0.2) is 0 Å². The number of hydrogen-bond acceptors (Lipinski definition) is 4. The fraction of sp³-hybridized carbons (Fsp3) is 0.615. The maximum atomic E-state index is 13.5. The van der Waals surface area contributed by atoms with Gasteiger partial charge in [-0.25, -0.2) is 0 Å². The fourth-order valence-corrected chi connectivity index (χ4v) is 2.97. The van der Waals surface area contributed by atoms with Crippen LogP contribution in [0.5, 0.6) is 0 Å². The molecule has 0 bridgehead atoms. The van der Waals surface area contributed by atoms with Crippen molar-refractivity contribution in [1.29, 1.82) is 0 Å². The summed E-state index contributed by atoms with van der Waals surface area (Å²) >= 11 is 0. The Labute approximate surface area is 113 Å². The van der Waals surface area contributed by atoms with Gasteiger partial charge in [0.2, 0.25) is 5.88 Å². The van der Waals surface area contributed by atoms with E-state index in [0.29, 0.717) is 29.3 Å². The first-order valence-electron chi connectivity index (χ1n) is 6.57. The van der Waals surface area contributed by atoms with Gasteiger partial charge in [0.1, 0.15) is 5.76 Å². The lowest BCUT2D eigenvalue weighted by atomic mass is 9.80. The van der Waals surface area contributed by atoms with E-state index in [9.17, 15) is 18.3 Å². The van der Waals surface area contributed by atoms with E-state index in [4.69, 9.17) is 4.42 Å². The first-order valence-corrected chi connectivity index (χ1v) is 6.57. The van der Waals surface area contributed by atoms with Crippen LogP contribution in [-0.2, 0) is 0 Å². The minimum Gasteiger partial charge on any atom is -0.444 e. The summed E-state index contributed by atoms with van der Waals surface area (Å²) in [5.74, 6) is -0.620. The van der Waals surface area contributed by atoms with E-state index in [1.165, 1.54) is 6.07 Å². The van der Waals surface area contributed by atoms with Crippen LogP contribution in [-0.4, -0.2) is 22.7 Å². The summed E-state index contributed by atoms with van der Waals surface area (Å²) < 4.78 is 45.6. The summed E-state index contributed by atoms with van der Waals surface area (Å²) in [5.41, 5.74) is -2.60. The highest BCUT2D eigenvalue weighted by molar-refractivity contribution is 5.92. The predicted octanol–water partition coefficient (Wildman–Crippen LogP) is 3.21. The zero-order chi connectivity index (χ0) is 14.5. The van der Waals surface area contributed by atoms with Crippen molar-refractivity contribution < 1.29 is 22.7 Å². The normalized spacial score (nSPS) is 30.4. The van der Waals surface area contributed by atoms with E-state index in [0.717, 1.165) is 6.42 Å². The van der Waals surface area contributed by atoms with Crippen LogP contribution in [0.3, 0.4) is 0 Å². The molecule has 1 fully saturated rings. The van der Waals surface area contributed by atoms with E-state index in [2.05, 4.69) is 5.10 Å². The van der Waals surface area contributed by atoms with Gasteiger partial charge in [-0.3, -0.25) is 0 Å². The third kappa shape index (κ3) is 1.76. The fourth-order valence-electron chi connectivity index (χ4n) is 2.97. The van der Waals surface area contributed by atoms with Crippen LogP contribution in [0, 0.1) is 12.8 Å². The molecule has 0 unspecified atom stereocenters. The third-order valence-electron chi connectivity index (χ3n) is 3.97. The van der Waals surface area contributed by atoms with Crippen LogP contribution in [0.15, 0.2) is 21.7 Å². The molecule has 1 aliphatic heterocycles. The number of halogens is 3. The number of nitrogens with zero attached hydrogens (tertiary/aromatic N) is 2. The average molecular weight is 288 g/mol. The van der Waals surface area contributed by atoms with E-state index in [-0.39, 0.29) is 12.3 Å². The average Bonchev–Trinajstić information content (AvgIpc) is 2.92. The molecule has 1 N–H and O–H groups in total. The van der Waals surface area contributed by atoms with Gasteiger partial charge in [-0.15, -0.1) is 0 Å². The molecule has 1 saturated carbocycles. The minimum absolute atomic E-state index is 0.0794. The van der Waals surface area contributed by atoms with Crippen LogP contribution >= 0.6 is 0 Å². The Morgan fingerprint density at radius 1 is 1.40 bits per heavy atom. The number of alkyl halides is 3. The molecule has 0 aromatic carbocycles. The van der Waals surface area contributed by atoms with Crippen LogP contribution in [0.25, 0.3) is 0 Å². The Morgan fingerprint density at radius 3 is 2.75 bits per heavy atom. The molecule has 1 aliphatic carbocycles. The molecular weight excluding hydrogens is 273 g/mol. The Morgan fingerprint density at radius 2 is 2.15 bits per heavy atom. The number of hydrogen-bond donors (Lipinski definition) is 1. The standard InChI is InChI=1S/C13H15F3N2O2/c1-8-6-7-11(20-8)18-12(19,13(14,15)16)9-4-2-3-5-10(9)17-18/h6-7,9,19H,2-5H2,1H3/t9-,12+/m0/s1. The lowest BCUT2D eigenvalue weighted by molar-refractivity contribution is -0.269. The number of anilines is 1. The molecular formula is C13H15F3N2O2. The third-order valence-corrected chi connectivity index (χ3v) is 3.97. The smallest absolute Gasteiger partial charge is 0.439 e. The van der Waals surface area contributed by atoms with Crippen molar-refractivity contribution in [2.24, 2.45) is 11.0 Å². The van der Waals surface area contributed by atoms with Crippen LogP contribution in [0.4, 0.5) is 19.1 Å². The number of furan rings is 1. The number of aliphatic hydroxyl groups is 1. The highest BCUT2D eigenvalue weighted by Gasteiger charge is 2.67. The molecule has 110 valence electrons. The van der Waals surface area contributed by atoms with Gasteiger partial charge in [0.25, 0.3) is 5.72 Å². The van der Waals surface area contributed by atoms with Crippen molar-refractivity contribution >= 4 is 11.6 Å². The zero-order valence-corrected chi connectivity index (χ0v) is 10.9. The molecule has 1 aromatic heterocycles. The molecule has 3 rings (SSSR count). The van der Waals surface area contributed by atoms with Gasteiger partial charge in [-0.05, 0) is 32.3 Å². The van der Waals surface area contributed by atoms with Gasteiger partial charge in [0, 0.05) is 11.8 Å². The molecule has 2 heterocycles. The zero-order valence-electron chi connectivity index (χ0n) is 10.9.